The maximum atomic E-state index is 11.7. The van der Waals surface area contributed by atoms with Gasteiger partial charge in [0, 0.05) is 12.5 Å². The minimum Gasteiger partial charge on any atom is -0.459 e. The third kappa shape index (κ3) is 5.97. The highest BCUT2D eigenvalue weighted by Gasteiger charge is 2.63. The molecule has 0 aromatic heterocycles. The minimum absolute atomic E-state index is 0.174. The molecule has 0 aliphatic heterocycles. The van der Waals surface area contributed by atoms with E-state index >= 15 is 0 Å². The van der Waals surface area contributed by atoms with E-state index in [1.54, 1.807) is 51.9 Å². The second kappa shape index (κ2) is 12.7. The number of fused-ring (bicyclic) bond motifs is 14. The van der Waals surface area contributed by atoms with Gasteiger partial charge in [0.2, 0.25) is 0 Å². The van der Waals surface area contributed by atoms with Crippen molar-refractivity contribution >= 4 is 11.9 Å². The number of hydrogen-bond acceptors (Lipinski definition) is 5. The summed E-state index contributed by atoms with van der Waals surface area (Å²) in [5, 5.41) is 7.79. The highest BCUT2D eigenvalue weighted by atomic mass is 16.6. The molecule has 7 rings (SSSR count). The molecule has 7 saturated carbocycles. The number of rotatable bonds is 3. The summed E-state index contributed by atoms with van der Waals surface area (Å²) in [4.78, 5) is 21.4. The van der Waals surface area contributed by atoms with E-state index < -0.39 is 12.8 Å². The number of esters is 2. The van der Waals surface area contributed by atoms with Crippen LogP contribution in [0.3, 0.4) is 0 Å². The van der Waals surface area contributed by atoms with Gasteiger partial charge in [0.15, 0.2) is 6.79 Å². The Hall–Kier alpha value is -1.36. The number of aliphatic hydroxyl groups is 1. The Bertz CT molecular complexity index is 789. The molecule has 11 unspecified atom stereocenters. The quantitative estimate of drug-likeness (QED) is 0.191. The van der Waals surface area contributed by atoms with Crippen LogP contribution in [0.1, 0.15) is 105 Å². The van der Waals surface area contributed by atoms with Crippen LogP contribution in [0.4, 0.5) is 0 Å². The molecule has 7 aliphatic carbocycles. The first-order valence-electron chi connectivity index (χ1n) is 15.5. The first-order valence-corrected chi connectivity index (χ1v) is 15.5. The Balaban J connectivity index is 0.000000144. The van der Waals surface area contributed by atoms with Crippen LogP contribution in [0, 0.1) is 59.2 Å². The molecule has 1 N–H and O–H groups in total. The van der Waals surface area contributed by atoms with Crippen LogP contribution in [0.5, 0.6) is 0 Å². The van der Waals surface area contributed by atoms with E-state index in [2.05, 4.69) is 11.3 Å². The van der Waals surface area contributed by atoms with Crippen molar-refractivity contribution in [3.63, 3.8) is 0 Å². The van der Waals surface area contributed by atoms with E-state index in [-0.39, 0.29) is 12.1 Å². The highest BCUT2D eigenvalue weighted by Crippen LogP contribution is 2.67. The second-order valence-electron chi connectivity index (χ2n) is 12.8. The van der Waals surface area contributed by atoms with Crippen molar-refractivity contribution < 1.29 is 24.2 Å². The molecule has 210 valence electrons. The zero-order valence-electron chi connectivity index (χ0n) is 23.8. The van der Waals surface area contributed by atoms with Gasteiger partial charge in [-0.2, -0.15) is 0 Å². The number of carbonyl (C=O) groups is 2. The molecular formula is C32H52O5. The summed E-state index contributed by atoms with van der Waals surface area (Å²) in [5.74, 6) is 9.54. The molecule has 6 bridgehead atoms. The van der Waals surface area contributed by atoms with Gasteiger partial charge < -0.3 is 14.6 Å². The Kier molecular flexibility index (Phi) is 9.80. The van der Waals surface area contributed by atoms with Crippen LogP contribution in [0.25, 0.3) is 0 Å². The molecule has 0 radical (unpaired) electrons. The lowest BCUT2D eigenvalue weighted by molar-refractivity contribution is -0.150. The first-order chi connectivity index (χ1) is 17.9. The maximum absolute atomic E-state index is 11.7. The van der Waals surface area contributed by atoms with Crippen molar-refractivity contribution in [1.82, 2.24) is 0 Å². The van der Waals surface area contributed by atoms with Crippen molar-refractivity contribution in [3.8, 4) is 0 Å². The van der Waals surface area contributed by atoms with Gasteiger partial charge in [0.1, 0.15) is 6.10 Å². The van der Waals surface area contributed by atoms with E-state index in [1.807, 2.05) is 13.8 Å². The standard InChI is InChI=1S/C16H22O2.C11H18.C3H6O3.C2H6/c1-8(2)16(17)18-13-7-11-6-12(13)15-10-4-3-9(5-10)14(11)15;1-2-4-11-9-6-5-8(7-9)10(11)3-1;1-3(5)6-2-4;1-2/h9-15H,1,3-7H2,2H3;8-11H,1-7H2;4H,2H2,1H3;1-2H3. The monoisotopic (exact) mass is 516 g/mol. The molecular weight excluding hydrogens is 464 g/mol. The third-order valence-electron chi connectivity index (χ3n) is 11.1. The predicted octanol–water partition coefficient (Wildman–Crippen LogP) is 6.92. The predicted molar refractivity (Wildman–Crippen MR) is 145 cm³/mol. The lowest BCUT2D eigenvalue weighted by atomic mass is 9.70. The molecule has 7 aliphatic rings. The van der Waals surface area contributed by atoms with Crippen LogP contribution in [0.2, 0.25) is 0 Å². The number of ether oxygens (including phenoxy) is 2. The normalized spacial score (nSPS) is 42.7. The fraction of sp³-hybridized carbons (Fsp3) is 0.875. The molecule has 37 heavy (non-hydrogen) atoms. The molecule has 7 fully saturated rings. The minimum atomic E-state index is -0.519. The molecule has 0 spiro atoms. The second-order valence-corrected chi connectivity index (χ2v) is 12.8. The number of aliphatic hydroxyl groups excluding tert-OH is 1. The molecule has 0 saturated heterocycles. The zero-order valence-corrected chi connectivity index (χ0v) is 23.8. The van der Waals surface area contributed by atoms with Crippen LogP contribution < -0.4 is 0 Å². The first kappa shape index (κ1) is 28.6. The number of hydrogen-bond donors (Lipinski definition) is 1. The van der Waals surface area contributed by atoms with E-state index in [4.69, 9.17) is 9.84 Å². The molecule has 0 heterocycles. The van der Waals surface area contributed by atoms with E-state index in [0.29, 0.717) is 11.5 Å². The Morgan fingerprint density at radius 1 is 0.730 bits per heavy atom. The molecule has 5 heteroatoms. The van der Waals surface area contributed by atoms with Crippen molar-refractivity contribution in [2.75, 3.05) is 6.79 Å². The van der Waals surface area contributed by atoms with E-state index in [1.165, 1.54) is 56.3 Å². The summed E-state index contributed by atoms with van der Waals surface area (Å²) in [7, 11) is 0. The fourth-order valence-corrected chi connectivity index (χ4v) is 10.2. The van der Waals surface area contributed by atoms with Crippen molar-refractivity contribution in [2.45, 2.75) is 111 Å². The number of carbonyl (C=O) groups excluding carboxylic acids is 2. The van der Waals surface area contributed by atoms with Crippen LogP contribution in [-0.4, -0.2) is 29.9 Å². The summed E-state index contributed by atoms with van der Waals surface area (Å²) in [6.07, 6.45) is 18.1. The van der Waals surface area contributed by atoms with Gasteiger partial charge >= 0.3 is 11.9 Å². The van der Waals surface area contributed by atoms with Gasteiger partial charge in [0.25, 0.3) is 0 Å². The van der Waals surface area contributed by atoms with Crippen molar-refractivity contribution in [2.24, 2.45) is 59.2 Å². The lowest BCUT2D eigenvalue weighted by Crippen LogP contribution is -2.37. The summed E-state index contributed by atoms with van der Waals surface area (Å²) in [6.45, 7) is 10.1. The molecule has 0 aromatic carbocycles. The molecule has 0 aromatic rings. The van der Waals surface area contributed by atoms with Crippen LogP contribution >= 0.6 is 0 Å². The largest absolute Gasteiger partial charge is 0.459 e. The van der Waals surface area contributed by atoms with Gasteiger partial charge in [-0.3, -0.25) is 4.79 Å². The van der Waals surface area contributed by atoms with Crippen LogP contribution in [0.15, 0.2) is 12.2 Å². The smallest absolute Gasteiger partial charge is 0.333 e. The maximum Gasteiger partial charge on any atom is 0.333 e. The third-order valence-corrected chi connectivity index (χ3v) is 11.1. The topological polar surface area (TPSA) is 72.8 Å². The molecule has 11 atom stereocenters. The highest BCUT2D eigenvalue weighted by molar-refractivity contribution is 5.87. The van der Waals surface area contributed by atoms with E-state index in [9.17, 15) is 9.59 Å². The summed E-state index contributed by atoms with van der Waals surface area (Å²) in [6, 6.07) is 0. The van der Waals surface area contributed by atoms with Gasteiger partial charge in [-0.05, 0) is 130 Å². The summed E-state index contributed by atoms with van der Waals surface area (Å²) < 4.78 is 9.64. The SMILES string of the molecule is C1CCC2C3CCC(C3)C2C1.C=C(C)C(=O)OC1CC2CC1C1C3CCC(C3)C21.CC.CC(=O)OCO. The molecule has 0 amide bonds. The van der Waals surface area contributed by atoms with E-state index in [0.717, 1.165) is 36.0 Å². The Morgan fingerprint density at radius 2 is 1.27 bits per heavy atom. The van der Waals surface area contributed by atoms with Crippen molar-refractivity contribution in [3.05, 3.63) is 12.2 Å². The van der Waals surface area contributed by atoms with Crippen LogP contribution in [-0.2, 0) is 19.1 Å². The summed E-state index contributed by atoms with van der Waals surface area (Å²) >= 11 is 0. The van der Waals surface area contributed by atoms with Crippen molar-refractivity contribution in [1.29, 1.82) is 0 Å². The average Bonchev–Trinajstić information content (AvgIpc) is 3.73. The van der Waals surface area contributed by atoms with Gasteiger partial charge in [-0.15, -0.1) is 0 Å². The fourth-order valence-electron chi connectivity index (χ4n) is 10.2. The van der Waals surface area contributed by atoms with Gasteiger partial charge in [-0.25, -0.2) is 4.79 Å². The van der Waals surface area contributed by atoms with Gasteiger partial charge in [0.05, 0.1) is 0 Å². The summed E-state index contributed by atoms with van der Waals surface area (Å²) in [5.41, 5.74) is 0.544. The Labute approximate surface area is 225 Å². The zero-order chi connectivity index (χ0) is 26.7. The molecule has 5 nitrogen and oxygen atoms in total. The Morgan fingerprint density at radius 3 is 1.78 bits per heavy atom. The lowest BCUT2D eigenvalue weighted by Gasteiger charge is -2.38. The average molecular weight is 517 g/mol. The van der Waals surface area contributed by atoms with Gasteiger partial charge in [-0.1, -0.05) is 33.3 Å².